The topological polar surface area (TPSA) is 22.0 Å². The average Bonchev–Trinajstić information content (AvgIpc) is 2.95. The first kappa shape index (κ1) is 16.2. The minimum Gasteiger partial charge on any atom is -0.344 e. The molecule has 0 aliphatic heterocycles. The Morgan fingerprint density at radius 2 is 1.78 bits per heavy atom. The number of fused-ring (bicyclic) bond motifs is 1. The Balaban J connectivity index is 2.15. The standard InChI is InChI=1S/C20H20INO/c1-3-8-14(2)22-13-17(15-9-5-7-12-19(15)22)20(23)16-10-4-6-11-18(16)21/h4-7,9-14H,3,8H2,1-2H3. The summed E-state index contributed by atoms with van der Waals surface area (Å²) in [4.78, 5) is 13.1. The summed E-state index contributed by atoms with van der Waals surface area (Å²) in [5.41, 5.74) is 2.72. The second-order valence-corrected chi connectivity index (χ2v) is 7.08. The van der Waals surface area contributed by atoms with Crippen LogP contribution in [0.4, 0.5) is 0 Å². The second-order valence-electron chi connectivity index (χ2n) is 5.91. The molecule has 1 heterocycles. The van der Waals surface area contributed by atoms with Gasteiger partial charge < -0.3 is 4.57 Å². The highest BCUT2D eigenvalue weighted by molar-refractivity contribution is 14.1. The molecule has 0 amide bonds. The second kappa shape index (κ2) is 6.87. The molecule has 2 nitrogen and oxygen atoms in total. The molecule has 1 atom stereocenters. The molecule has 3 rings (SSSR count). The summed E-state index contributed by atoms with van der Waals surface area (Å²) in [6.07, 6.45) is 4.28. The molecule has 0 N–H and O–H groups in total. The maximum atomic E-state index is 13.1. The van der Waals surface area contributed by atoms with Crippen molar-refractivity contribution < 1.29 is 4.79 Å². The van der Waals surface area contributed by atoms with Gasteiger partial charge >= 0.3 is 0 Å². The predicted molar refractivity (Wildman–Crippen MR) is 104 cm³/mol. The molecule has 0 aliphatic rings. The van der Waals surface area contributed by atoms with Crippen LogP contribution in [0.2, 0.25) is 0 Å². The third-order valence-corrected chi connectivity index (χ3v) is 5.23. The van der Waals surface area contributed by atoms with Crippen LogP contribution in [0.5, 0.6) is 0 Å². The molecular formula is C20H20INO. The van der Waals surface area contributed by atoms with E-state index in [4.69, 9.17) is 0 Å². The maximum Gasteiger partial charge on any atom is 0.196 e. The van der Waals surface area contributed by atoms with Gasteiger partial charge in [-0.15, -0.1) is 0 Å². The number of carbonyl (C=O) groups is 1. The number of para-hydroxylation sites is 1. The molecule has 0 saturated heterocycles. The van der Waals surface area contributed by atoms with Crippen molar-refractivity contribution >= 4 is 39.3 Å². The average molecular weight is 417 g/mol. The molecule has 118 valence electrons. The van der Waals surface area contributed by atoms with Gasteiger partial charge in [0.05, 0.1) is 0 Å². The van der Waals surface area contributed by atoms with Crippen LogP contribution >= 0.6 is 22.6 Å². The van der Waals surface area contributed by atoms with Crippen molar-refractivity contribution in [2.24, 2.45) is 0 Å². The minimum atomic E-state index is 0.105. The van der Waals surface area contributed by atoms with E-state index in [1.54, 1.807) is 0 Å². The molecule has 1 unspecified atom stereocenters. The van der Waals surface area contributed by atoms with Crippen LogP contribution in [0.15, 0.2) is 54.7 Å². The molecule has 0 saturated carbocycles. The van der Waals surface area contributed by atoms with Gasteiger partial charge in [0.1, 0.15) is 0 Å². The van der Waals surface area contributed by atoms with Crippen molar-refractivity contribution in [2.75, 3.05) is 0 Å². The summed E-state index contributed by atoms with van der Waals surface area (Å²) in [6.45, 7) is 4.41. The zero-order valence-corrected chi connectivity index (χ0v) is 15.6. The number of ketones is 1. The lowest BCUT2D eigenvalue weighted by Gasteiger charge is -2.13. The monoisotopic (exact) mass is 417 g/mol. The van der Waals surface area contributed by atoms with Gasteiger partial charge in [-0.2, -0.15) is 0 Å². The third kappa shape index (κ3) is 3.07. The molecule has 2 aromatic carbocycles. The number of benzene rings is 2. The van der Waals surface area contributed by atoms with Gasteiger partial charge in [0.25, 0.3) is 0 Å². The van der Waals surface area contributed by atoms with E-state index < -0.39 is 0 Å². The SMILES string of the molecule is CCCC(C)n1cc(C(=O)c2ccccc2I)c2ccccc21. The van der Waals surface area contributed by atoms with Crippen LogP contribution in [-0.2, 0) is 0 Å². The van der Waals surface area contributed by atoms with Crippen LogP contribution in [0.3, 0.4) is 0 Å². The zero-order valence-electron chi connectivity index (χ0n) is 13.4. The fraction of sp³-hybridized carbons (Fsp3) is 0.250. The van der Waals surface area contributed by atoms with Gasteiger partial charge in [0, 0.05) is 37.8 Å². The molecule has 3 heteroatoms. The number of hydrogen-bond donors (Lipinski definition) is 0. The van der Waals surface area contributed by atoms with Crippen LogP contribution < -0.4 is 0 Å². The lowest BCUT2D eigenvalue weighted by molar-refractivity contribution is 0.103. The Kier molecular flexibility index (Phi) is 4.85. The summed E-state index contributed by atoms with van der Waals surface area (Å²) in [6, 6.07) is 16.4. The fourth-order valence-electron chi connectivity index (χ4n) is 3.10. The molecule has 3 aromatic rings. The molecule has 1 aromatic heterocycles. The van der Waals surface area contributed by atoms with Gasteiger partial charge in [0.2, 0.25) is 0 Å². The normalized spacial score (nSPS) is 12.5. The third-order valence-electron chi connectivity index (χ3n) is 4.29. The summed E-state index contributed by atoms with van der Waals surface area (Å²) < 4.78 is 3.25. The molecular weight excluding hydrogens is 397 g/mol. The Labute approximate surface area is 150 Å². The Bertz CT molecular complexity index is 850. The summed E-state index contributed by atoms with van der Waals surface area (Å²) in [7, 11) is 0. The van der Waals surface area contributed by atoms with Gasteiger partial charge in [-0.25, -0.2) is 0 Å². The number of nitrogens with zero attached hydrogens (tertiary/aromatic N) is 1. The maximum absolute atomic E-state index is 13.1. The van der Waals surface area contributed by atoms with E-state index in [0.29, 0.717) is 6.04 Å². The van der Waals surface area contributed by atoms with Gasteiger partial charge in [-0.05, 0) is 54.1 Å². The summed E-state index contributed by atoms with van der Waals surface area (Å²) in [5, 5.41) is 1.04. The van der Waals surface area contributed by atoms with E-state index in [0.717, 1.165) is 38.4 Å². The Morgan fingerprint density at radius 3 is 2.52 bits per heavy atom. The van der Waals surface area contributed by atoms with Crippen LogP contribution in [-0.4, -0.2) is 10.4 Å². The number of hydrogen-bond acceptors (Lipinski definition) is 1. The quantitative estimate of drug-likeness (QED) is 0.378. The van der Waals surface area contributed by atoms with E-state index >= 15 is 0 Å². The first-order valence-electron chi connectivity index (χ1n) is 8.02. The molecule has 0 spiro atoms. The van der Waals surface area contributed by atoms with Crippen molar-refractivity contribution in [3.05, 3.63) is 69.4 Å². The molecule has 0 bridgehead atoms. The molecule has 0 radical (unpaired) electrons. The van der Waals surface area contributed by atoms with E-state index in [9.17, 15) is 4.79 Å². The van der Waals surface area contributed by atoms with Gasteiger partial charge in [-0.3, -0.25) is 4.79 Å². The number of halogens is 1. The highest BCUT2D eigenvalue weighted by atomic mass is 127. The van der Waals surface area contributed by atoms with Gasteiger partial charge in [-0.1, -0.05) is 43.7 Å². The van der Waals surface area contributed by atoms with E-state index in [1.165, 1.54) is 0 Å². The Hall–Kier alpha value is -1.62. The van der Waals surface area contributed by atoms with Crippen LogP contribution in [0.1, 0.15) is 48.7 Å². The number of aromatic nitrogens is 1. The number of rotatable bonds is 5. The van der Waals surface area contributed by atoms with Crippen molar-refractivity contribution in [1.82, 2.24) is 4.57 Å². The largest absolute Gasteiger partial charge is 0.344 e. The first-order chi connectivity index (χ1) is 11.1. The lowest BCUT2D eigenvalue weighted by Crippen LogP contribution is -2.05. The number of carbonyl (C=O) groups excluding carboxylic acids is 1. The molecule has 0 fully saturated rings. The molecule has 0 aliphatic carbocycles. The zero-order chi connectivity index (χ0) is 16.4. The van der Waals surface area contributed by atoms with Crippen molar-refractivity contribution in [3.8, 4) is 0 Å². The van der Waals surface area contributed by atoms with E-state index in [2.05, 4.69) is 47.1 Å². The molecule has 23 heavy (non-hydrogen) atoms. The minimum absolute atomic E-state index is 0.105. The van der Waals surface area contributed by atoms with Crippen molar-refractivity contribution in [1.29, 1.82) is 0 Å². The first-order valence-corrected chi connectivity index (χ1v) is 9.10. The van der Waals surface area contributed by atoms with E-state index in [-0.39, 0.29) is 5.78 Å². The Morgan fingerprint density at radius 1 is 1.09 bits per heavy atom. The van der Waals surface area contributed by atoms with Crippen molar-refractivity contribution in [3.63, 3.8) is 0 Å². The van der Waals surface area contributed by atoms with Crippen LogP contribution in [0, 0.1) is 3.57 Å². The van der Waals surface area contributed by atoms with Crippen LogP contribution in [0.25, 0.3) is 10.9 Å². The highest BCUT2D eigenvalue weighted by Crippen LogP contribution is 2.29. The smallest absolute Gasteiger partial charge is 0.196 e. The lowest BCUT2D eigenvalue weighted by atomic mass is 10.0. The summed E-state index contributed by atoms with van der Waals surface area (Å²) >= 11 is 2.23. The predicted octanol–water partition coefficient (Wildman–Crippen LogP) is 5.84. The highest BCUT2D eigenvalue weighted by Gasteiger charge is 2.19. The fourth-order valence-corrected chi connectivity index (χ4v) is 3.73. The summed E-state index contributed by atoms with van der Waals surface area (Å²) in [5.74, 6) is 0.105. The van der Waals surface area contributed by atoms with Gasteiger partial charge in [0.15, 0.2) is 5.78 Å². The van der Waals surface area contributed by atoms with E-state index in [1.807, 2.05) is 48.7 Å². The van der Waals surface area contributed by atoms with Crippen molar-refractivity contribution in [2.45, 2.75) is 32.7 Å².